The zero-order valence-corrected chi connectivity index (χ0v) is 22.2. The molecule has 0 heterocycles. The lowest BCUT2D eigenvalue weighted by Crippen LogP contribution is -2.01. The molecule has 0 aliphatic heterocycles. The predicted molar refractivity (Wildman–Crippen MR) is 144 cm³/mol. The van der Waals surface area contributed by atoms with Crippen molar-refractivity contribution in [1.29, 1.82) is 0 Å². The fraction of sp³-hybridized carbons (Fsp3) is 0.393. The summed E-state index contributed by atoms with van der Waals surface area (Å²) < 4.78 is 10.7. The van der Waals surface area contributed by atoms with Crippen LogP contribution in [0.2, 0.25) is 0 Å². The number of allylic oxidation sites excluding steroid dienone is 4. The van der Waals surface area contributed by atoms with Crippen LogP contribution in [0.1, 0.15) is 51.2 Å². The number of benzene rings is 2. The number of aromatic hydroxyl groups is 2. The summed E-state index contributed by atoms with van der Waals surface area (Å²) in [6.45, 7) is 5.31. The molecule has 2 aliphatic carbocycles. The van der Waals surface area contributed by atoms with Crippen LogP contribution in [0.3, 0.4) is 0 Å². The number of carbonyl (C=O) groups excluding carboxylic acids is 1. The lowest BCUT2D eigenvalue weighted by Gasteiger charge is -2.17. The van der Waals surface area contributed by atoms with Crippen LogP contribution in [0.4, 0.5) is 0 Å². The fourth-order valence-electron chi connectivity index (χ4n) is 3.61. The number of phenols is 2. The van der Waals surface area contributed by atoms with Crippen molar-refractivity contribution in [3.63, 3.8) is 0 Å². The molecule has 0 aromatic heterocycles. The predicted octanol–water partition coefficient (Wildman–Crippen LogP) is 5.18. The second-order valence-electron chi connectivity index (χ2n) is 7.43. The number of hydrogen-bond acceptors (Lipinski definition) is 7. The minimum Gasteiger partial charge on any atom is -0.512 e. The Balaban J connectivity index is 0.000000675. The number of methoxy groups -OCH3 is 2. The number of hydrogen-bond donors (Lipinski definition) is 5. The number of nitrogens with two attached hydrogens (primary N) is 1. The molecule has 0 bridgehead atoms. The van der Waals surface area contributed by atoms with Gasteiger partial charge in [0.2, 0.25) is 11.7 Å². The van der Waals surface area contributed by atoms with Gasteiger partial charge in [-0.1, -0.05) is 32.1 Å². The number of aliphatic hydroxyl groups is 2. The average molecular weight is 504 g/mol. The molecule has 0 atom stereocenters. The quantitative estimate of drug-likeness (QED) is 0.380. The van der Waals surface area contributed by atoms with Crippen LogP contribution in [-0.4, -0.2) is 47.7 Å². The molecule has 2 aliphatic rings. The standard InChI is InChI=1S/C17H18O4.C6H8O.C2H5NO.C2H6.CH4O/c1-20-14-9-11-5-3-4-10-8-12(18)6-7-13(10)15(11)17(21-2)16(14)19;7-6-4-2-1-3-5-6;1-2(3)4;2*1-2/h6-9,18-19H,3-5H2,1-2H3;1-2,4,7H,3,5H2;1H3,(H2,3,4);1-2H3;2H,1H3. The molecule has 8 heteroatoms. The van der Waals surface area contributed by atoms with Gasteiger partial charge in [-0.2, -0.15) is 0 Å². The summed E-state index contributed by atoms with van der Waals surface area (Å²) in [5.74, 6) is 1.29. The third-order valence-corrected chi connectivity index (χ3v) is 4.97. The van der Waals surface area contributed by atoms with Crippen LogP contribution in [0.5, 0.6) is 23.0 Å². The van der Waals surface area contributed by atoms with Crippen LogP contribution in [0.25, 0.3) is 11.1 Å². The summed E-state index contributed by atoms with van der Waals surface area (Å²) in [5.41, 5.74) is 8.51. The highest BCUT2D eigenvalue weighted by molar-refractivity contribution is 5.82. The van der Waals surface area contributed by atoms with Crippen molar-refractivity contribution in [2.75, 3.05) is 21.3 Å². The van der Waals surface area contributed by atoms with E-state index < -0.39 is 0 Å². The molecule has 1 amide bonds. The van der Waals surface area contributed by atoms with Crippen LogP contribution < -0.4 is 15.2 Å². The number of rotatable bonds is 2. The highest BCUT2D eigenvalue weighted by atomic mass is 16.5. The van der Waals surface area contributed by atoms with E-state index in [4.69, 9.17) is 19.7 Å². The number of fused-ring (bicyclic) bond motifs is 3. The first-order valence-electron chi connectivity index (χ1n) is 11.8. The van der Waals surface area contributed by atoms with E-state index in [0.29, 0.717) is 17.3 Å². The molecule has 2 aromatic carbocycles. The first kappa shape index (κ1) is 32.4. The van der Waals surface area contributed by atoms with E-state index >= 15 is 0 Å². The molecule has 200 valence electrons. The molecular weight excluding hydrogens is 462 g/mol. The van der Waals surface area contributed by atoms with Crippen molar-refractivity contribution in [2.45, 2.75) is 52.9 Å². The first-order valence-corrected chi connectivity index (χ1v) is 11.8. The topological polar surface area (TPSA) is 142 Å². The summed E-state index contributed by atoms with van der Waals surface area (Å²) >= 11 is 0. The van der Waals surface area contributed by atoms with Gasteiger partial charge in [0.05, 0.1) is 20.0 Å². The molecule has 0 spiro atoms. The fourth-order valence-corrected chi connectivity index (χ4v) is 3.61. The van der Waals surface area contributed by atoms with E-state index in [1.807, 2.05) is 38.1 Å². The molecule has 0 saturated heterocycles. The zero-order valence-electron chi connectivity index (χ0n) is 22.2. The number of amides is 1. The van der Waals surface area contributed by atoms with Crippen LogP contribution in [0, 0.1) is 0 Å². The molecule has 36 heavy (non-hydrogen) atoms. The monoisotopic (exact) mass is 503 g/mol. The molecule has 6 N–H and O–H groups in total. The molecule has 8 nitrogen and oxygen atoms in total. The summed E-state index contributed by atoms with van der Waals surface area (Å²) in [5, 5.41) is 35.7. The minimum absolute atomic E-state index is 0.0136. The Hall–Kier alpha value is -3.65. The molecule has 4 rings (SSSR count). The third-order valence-electron chi connectivity index (χ3n) is 4.97. The van der Waals surface area contributed by atoms with Crippen molar-refractivity contribution in [3.8, 4) is 34.1 Å². The van der Waals surface area contributed by atoms with Crippen molar-refractivity contribution in [2.24, 2.45) is 5.73 Å². The van der Waals surface area contributed by atoms with E-state index in [1.165, 1.54) is 14.0 Å². The Kier molecular flexibility index (Phi) is 15.9. The van der Waals surface area contributed by atoms with Crippen LogP contribution in [0.15, 0.2) is 48.3 Å². The second-order valence-corrected chi connectivity index (χ2v) is 7.43. The maximum absolute atomic E-state index is 10.3. The summed E-state index contributed by atoms with van der Waals surface area (Å²) in [6, 6.07) is 7.19. The summed E-state index contributed by atoms with van der Waals surface area (Å²) in [6.07, 6.45) is 10.2. The molecule has 0 unspecified atom stereocenters. The maximum atomic E-state index is 10.3. The number of aliphatic hydroxyl groups excluding tert-OH is 2. The zero-order chi connectivity index (χ0) is 27.7. The smallest absolute Gasteiger partial charge is 0.214 e. The van der Waals surface area contributed by atoms with Gasteiger partial charge in [-0.05, 0) is 66.6 Å². The molecule has 0 fully saturated rings. The first-order chi connectivity index (χ1) is 17.3. The molecule has 2 aromatic rings. The normalized spacial score (nSPS) is 12.4. The largest absolute Gasteiger partial charge is 0.512 e. The van der Waals surface area contributed by atoms with Gasteiger partial charge in [0.25, 0.3) is 0 Å². The number of aryl methyl sites for hydroxylation is 2. The third kappa shape index (κ3) is 9.92. The van der Waals surface area contributed by atoms with Gasteiger partial charge in [0.1, 0.15) is 5.75 Å². The molecule has 0 radical (unpaired) electrons. The lowest BCUT2D eigenvalue weighted by atomic mass is 9.94. The van der Waals surface area contributed by atoms with E-state index in [9.17, 15) is 15.0 Å². The van der Waals surface area contributed by atoms with Gasteiger partial charge in [-0.15, -0.1) is 0 Å². The maximum Gasteiger partial charge on any atom is 0.214 e. The van der Waals surface area contributed by atoms with Gasteiger partial charge < -0.3 is 35.6 Å². The Morgan fingerprint density at radius 2 is 1.56 bits per heavy atom. The van der Waals surface area contributed by atoms with Gasteiger partial charge in [0.15, 0.2) is 11.5 Å². The Labute approximate surface area is 214 Å². The summed E-state index contributed by atoms with van der Waals surface area (Å²) in [7, 11) is 4.07. The molecule has 0 saturated carbocycles. The highest BCUT2D eigenvalue weighted by Gasteiger charge is 2.24. The number of carbonyl (C=O) groups is 1. The minimum atomic E-state index is -0.333. The average Bonchev–Trinajstić information content (AvgIpc) is 3.05. The van der Waals surface area contributed by atoms with Crippen molar-refractivity contribution in [3.05, 3.63) is 59.4 Å². The van der Waals surface area contributed by atoms with Crippen LogP contribution >= 0.6 is 0 Å². The second kappa shape index (κ2) is 17.7. The lowest BCUT2D eigenvalue weighted by molar-refractivity contribution is -0.115. The van der Waals surface area contributed by atoms with E-state index in [0.717, 1.165) is 61.5 Å². The Morgan fingerprint density at radius 1 is 0.944 bits per heavy atom. The Morgan fingerprint density at radius 3 is 2.03 bits per heavy atom. The van der Waals surface area contributed by atoms with E-state index in [1.54, 1.807) is 25.3 Å². The van der Waals surface area contributed by atoms with Crippen molar-refractivity contribution in [1.82, 2.24) is 0 Å². The molecular formula is C28H41NO7. The highest BCUT2D eigenvalue weighted by Crippen LogP contribution is 2.48. The number of ether oxygens (including phenoxy) is 2. The summed E-state index contributed by atoms with van der Waals surface area (Å²) in [4.78, 5) is 9.22. The Bertz CT molecular complexity index is 1010. The van der Waals surface area contributed by atoms with E-state index in [2.05, 4.69) is 5.73 Å². The van der Waals surface area contributed by atoms with Gasteiger partial charge in [-0.3, -0.25) is 4.79 Å². The van der Waals surface area contributed by atoms with Crippen molar-refractivity contribution >= 4 is 5.91 Å². The number of primary amides is 1. The van der Waals surface area contributed by atoms with Crippen molar-refractivity contribution < 1.29 is 34.7 Å². The van der Waals surface area contributed by atoms with Gasteiger partial charge in [0, 0.05) is 26.0 Å². The van der Waals surface area contributed by atoms with Gasteiger partial charge in [-0.25, -0.2) is 0 Å². The number of phenolic OH excluding ortho intramolecular Hbond substituents is 2. The SMILES string of the molecule is CC.CC(N)=O.CO.COc1cc2c(c(OC)c1O)-c1ccc(O)cc1CCC2.OC1=CC=CCC1. The van der Waals surface area contributed by atoms with E-state index in [-0.39, 0.29) is 17.4 Å². The van der Waals surface area contributed by atoms with Gasteiger partial charge >= 0.3 is 0 Å². The van der Waals surface area contributed by atoms with Crippen LogP contribution in [-0.2, 0) is 17.6 Å².